The van der Waals surface area contributed by atoms with Crippen LogP contribution in [-0.4, -0.2) is 47.0 Å². The van der Waals surface area contributed by atoms with Gasteiger partial charge < -0.3 is 14.4 Å². The van der Waals surface area contributed by atoms with E-state index in [1.807, 2.05) is 35.2 Å². The third-order valence-corrected chi connectivity index (χ3v) is 4.44. The molecule has 2 heterocycles. The first kappa shape index (κ1) is 17.2. The third-order valence-electron chi connectivity index (χ3n) is 4.44. The second kappa shape index (κ2) is 7.98. The second-order valence-corrected chi connectivity index (χ2v) is 6.24. The molecule has 1 saturated heterocycles. The van der Waals surface area contributed by atoms with Gasteiger partial charge in [0.2, 0.25) is 11.3 Å². The van der Waals surface area contributed by atoms with Gasteiger partial charge in [0.15, 0.2) is 5.75 Å². The minimum absolute atomic E-state index is 0.180. The van der Waals surface area contributed by atoms with Gasteiger partial charge in [-0.2, -0.15) is 0 Å². The summed E-state index contributed by atoms with van der Waals surface area (Å²) in [6, 6.07) is 11.3. The number of aryl methyl sites for hydroxylation is 1. The van der Waals surface area contributed by atoms with E-state index in [-0.39, 0.29) is 11.7 Å². The Hall–Kier alpha value is -2.60. The first-order valence-electron chi connectivity index (χ1n) is 8.46. The third kappa shape index (κ3) is 4.70. The molecule has 1 aliphatic rings. The van der Waals surface area contributed by atoms with Gasteiger partial charge in [-0.25, -0.2) is 0 Å². The molecule has 1 aliphatic heterocycles. The Morgan fingerprint density at radius 2 is 1.84 bits per heavy atom. The molecule has 1 aromatic heterocycles. The minimum Gasteiger partial charge on any atom is -0.502 e. The van der Waals surface area contributed by atoms with Gasteiger partial charge in [0.25, 0.3) is 0 Å². The molecule has 0 atom stereocenters. The van der Waals surface area contributed by atoms with Gasteiger partial charge in [-0.1, -0.05) is 30.3 Å². The highest BCUT2D eigenvalue weighted by Crippen LogP contribution is 2.11. The van der Waals surface area contributed by atoms with Crippen LogP contribution in [-0.2, 0) is 17.8 Å². The molecule has 0 radical (unpaired) electrons. The van der Waals surface area contributed by atoms with E-state index in [0.29, 0.717) is 31.8 Å². The highest BCUT2D eigenvalue weighted by Gasteiger charge is 2.21. The second-order valence-electron chi connectivity index (χ2n) is 6.24. The number of carbonyl (C=O) groups is 1. The summed E-state index contributed by atoms with van der Waals surface area (Å²) in [6.45, 7) is 3.33. The lowest BCUT2D eigenvalue weighted by molar-refractivity contribution is -0.133. The molecule has 1 amide bonds. The fourth-order valence-corrected chi connectivity index (χ4v) is 2.96. The lowest BCUT2D eigenvalue weighted by Crippen LogP contribution is -2.48. The summed E-state index contributed by atoms with van der Waals surface area (Å²) in [5.74, 6) is 0.323. The number of hydrogen-bond acceptors (Lipinski definition) is 5. The van der Waals surface area contributed by atoms with Gasteiger partial charge in [0.05, 0.1) is 6.54 Å². The summed E-state index contributed by atoms with van der Waals surface area (Å²) in [5.41, 5.74) is 0.743. The molecule has 2 aromatic rings. The fraction of sp³-hybridized carbons (Fsp3) is 0.368. The van der Waals surface area contributed by atoms with Crippen LogP contribution in [0.5, 0.6) is 5.75 Å². The van der Waals surface area contributed by atoms with E-state index in [1.54, 1.807) is 0 Å². The Balaban J connectivity index is 1.45. The van der Waals surface area contributed by atoms with E-state index in [2.05, 4.69) is 4.90 Å². The molecule has 0 spiro atoms. The zero-order chi connectivity index (χ0) is 17.6. The van der Waals surface area contributed by atoms with Gasteiger partial charge in [-0.15, -0.1) is 0 Å². The minimum atomic E-state index is -0.434. The smallest absolute Gasteiger partial charge is 0.226 e. The zero-order valence-corrected chi connectivity index (χ0v) is 14.1. The van der Waals surface area contributed by atoms with E-state index < -0.39 is 5.43 Å². The zero-order valence-electron chi connectivity index (χ0n) is 14.1. The average molecular weight is 342 g/mol. The Labute approximate surface area is 146 Å². The number of aromatic hydroxyl groups is 1. The van der Waals surface area contributed by atoms with E-state index in [0.717, 1.165) is 25.8 Å². The predicted octanol–water partition coefficient (Wildman–Crippen LogP) is 1.62. The van der Waals surface area contributed by atoms with Crippen molar-refractivity contribution < 1.29 is 14.3 Å². The summed E-state index contributed by atoms with van der Waals surface area (Å²) < 4.78 is 5.23. The van der Waals surface area contributed by atoms with Crippen molar-refractivity contribution in [2.45, 2.75) is 19.4 Å². The average Bonchev–Trinajstić information content (AvgIpc) is 2.64. The maximum atomic E-state index is 12.3. The fourth-order valence-electron chi connectivity index (χ4n) is 2.96. The van der Waals surface area contributed by atoms with Gasteiger partial charge in [-0.05, 0) is 12.0 Å². The topological polar surface area (TPSA) is 74.0 Å². The van der Waals surface area contributed by atoms with Gasteiger partial charge >= 0.3 is 0 Å². The molecule has 132 valence electrons. The monoisotopic (exact) mass is 342 g/mol. The highest BCUT2D eigenvalue weighted by atomic mass is 16.4. The van der Waals surface area contributed by atoms with Crippen molar-refractivity contribution in [2.24, 2.45) is 0 Å². The Bertz CT molecular complexity index is 764. The molecule has 6 heteroatoms. The molecule has 1 N–H and O–H groups in total. The predicted molar refractivity (Wildman–Crippen MR) is 93.3 cm³/mol. The highest BCUT2D eigenvalue weighted by molar-refractivity contribution is 5.76. The Kier molecular flexibility index (Phi) is 5.50. The summed E-state index contributed by atoms with van der Waals surface area (Å²) in [6.07, 6.45) is 2.36. The normalized spacial score (nSPS) is 15.3. The molecule has 6 nitrogen and oxygen atoms in total. The number of piperazine rings is 1. The van der Waals surface area contributed by atoms with Crippen LogP contribution in [0.3, 0.4) is 0 Å². The first-order valence-corrected chi connectivity index (χ1v) is 8.46. The van der Waals surface area contributed by atoms with Crippen molar-refractivity contribution >= 4 is 5.91 Å². The molecule has 0 bridgehead atoms. The SMILES string of the molecule is O=C(CCc1ccccc1)N1CCN(Cc2cc(=O)c(O)co2)CC1. The van der Waals surface area contributed by atoms with Crippen LogP contribution in [0, 0.1) is 0 Å². The van der Waals surface area contributed by atoms with Crippen LogP contribution in [0.2, 0.25) is 0 Å². The van der Waals surface area contributed by atoms with Crippen LogP contribution in [0.15, 0.2) is 51.9 Å². The van der Waals surface area contributed by atoms with Crippen LogP contribution in [0.25, 0.3) is 0 Å². The molecular formula is C19H22N2O4. The largest absolute Gasteiger partial charge is 0.502 e. The summed E-state index contributed by atoms with van der Waals surface area (Å²) in [4.78, 5) is 27.8. The van der Waals surface area contributed by atoms with Crippen molar-refractivity contribution in [3.05, 3.63) is 64.2 Å². The molecular weight excluding hydrogens is 320 g/mol. The number of benzene rings is 1. The Morgan fingerprint density at radius 3 is 2.52 bits per heavy atom. The first-order chi connectivity index (χ1) is 12.1. The van der Waals surface area contributed by atoms with Crippen LogP contribution < -0.4 is 5.43 Å². The molecule has 0 aliphatic carbocycles. The van der Waals surface area contributed by atoms with Crippen molar-refractivity contribution in [3.63, 3.8) is 0 Å². The number of nitrogens with zero attached hydrogens (tertiary/aromatic N) is 2. The van der Waals surface area contributed by atoms with Crippen molar-refractivity contribution in [2.75, 3.05) is 26.2 Å². The van der Waals surface area contributed by atoms with E-state index in [9.17, 15) is 14.7 Å². The molecule has 1 fully saturated rings. The van der Waals surface area contributed by atoms with Crippen molar-refractivity contribution in [1.29, 1.82) is 0 Å². The van der Waals surface area contributed by atoms with E-state index in [1.165, 1.54) is 11.6 Å². The molecule has 25 heavy (non-hydrogen) atoms. The number of hydrogen-bond donors (Lipinski definition) is 1. The maximum absolute atomic E-state index is 12.3. The van der Waals surface area contributed by atoms with E-state index in [4.69, 9.17) is 4.42 Å². The lowest BCUT2D eigenvalue weighted by atomic mass is 10.1. The number of carbonyl (C=O) groups excluding carboxylic acids is 1. The maximum Gasteiger partial charge on any atom is 0.226 e. The summed E-state index contributed by atoms with van der Waals surface area (Å²) in [5, 5.41) is 9.21. The Morgan fingerprint density at radius 1 is 1.12 bits per heavy atom. The molecule has 0 saturated carbocycles. The van der Waals surface area contributed by atoms with E-state index >= 15 is 0 Å². The van der Waals surface area contributed by atoms with Gasteiger partial charge in [-0.3, -0.25) is 14.5 Å². The standard InChI is InChI=1S/C19H22N2O4/c22-17-12-16(25-14-18(17)23)13-20-8-10-21(11-9-20)19(24)7-6-15-4-2-1-3-5-15/h1-5,12,14,23H,6-11,13H2. The van der Waals surface area contributed by atoms with Gasteiger partial charge in [0, 0.05) is 38.7 Å². The van der Waals surface area contributed by atoms with Gasteiger partial charge in [0.1, 0.15) is 12.0 Å². The summed E-state index contributed by atoms with van der Waals surface area (Å²) >= 11 is 0. The van der Waals surface area contributed by atoms with Crippen LogP contribution >= 0.6 is 0 Å². The van der Waals surface area contributed by atoms with Crippen LogP contribution in [0.4, 0.5) is 0 Å². The lowest BCUT2D eigenvalue weighted by Gasteiger charge is -2.34. The number of rotatable bonds is 5. The van der Waals surface area contributed by atoms with Crippen molar-refractivity contribution in [3.8, 4) is 5.75 Å². The van der Waals surface area contributed by atoms with Crippen LogP contribution in [0.1, 0.15) is 17.7 Å². The summed E-state index contributed by atoms with van der Waals surface area (Å²) in [7, 11) is 0. The molecule has 3 rings (SSSR count). The van der Waals surface area contributed by atoms with Crippen molar-refractivity contribution in [1.82, 2.24) is 9.80 Å². The molecule has 1 aromatic carbocycles. The number of amides is 1. The quantitative estimate of drug-likeness (QED) is 0.894. The molecule has 0 unspecified atom stereocenters.